The van der Waals surface area contributed by atoms with Gasteiger partial charge in [0, 0.05) is 59.9 Å². The van der Waals surface area contributed by atoms with Gasteiger partial charge in [-0.05, 0) is 48.5 Å². The predicted molar refractivity (Wildman–Crippen MR) is 103 cm³/mol. The number of rotatable bonds is 6. The summed E-state index contributed by atoms with van der Waals surface area (Å²) >= 11 is 0. The van der Waals surface area contributed by atoms with Gasteiger partial charge in [0.2, 0.25) is 0 Å². The Bertz CT molecular complexity index is 891. The van der Waals surface area contributed by atoms with Crippen LogP contribution in [0.4, 0.5) is 0 Å². The highest BCUT2D eigenvalue weighted by molar-refractivity contribution is 6.93. The molecule has 0 aliphatic rings. The van der Waals surface area contributed by atoms with Gasteiger partial charge in [0.05, 0.1) is 0 Å². The van der Waals surface area contributed by atoms with Crippen molar-refractivity contribution in [3.8, 4) is 11.5 Å². The minimum absolute atomic E-state index is 0.680. The topological polar surface area (TPSA) is 70.0 Å². The summed E-state index contributed by atoms with van der Waals surface area (Å²) in [5.74, 6) is 1.36. The van der Waals surface area contributed by atoms with E-state index in [-0.39, 0.29) is 0 Å². The number of hydrogen-bond acceptors (Lipinski definition) is 6. The van der Waals surface area contributed by atoms with Crippen LogP contribution < -0.4 is 19.2 Å². The Morgan fingerprint density at radius 1 is 0.444 bits per heavy atom. The lowest BCUT2D eigenvalue weighted by Gasteiger charge is -2.31. The molecule has 0 unspecified atom stereocenters. The normalized spacial score (nSPS) is 11.0. The van der Waals surface area contributed by atoms with Gasteiger partial charge in [-0.3, -0.25) is 19.9 Å². The number of nitrogens with zero attached hydrogens (tertiary/aromatic N) is 4. The molecule has 0 aliphatic heterocycles. The van der Waals surface area contributed by atoms with E-state index in [4.69, 9.17) is 8.85 Å². The van der Waals surface area contributed by atoms with Crippen LogP contribution in [0.5, 0.6) is 11.5 Å². The average molecular weight is 372 g/mol. The molecule has 0 fully saturated rings. The molecule has 0 bridgehead atoms. The first-order valence-corrected chi connectivity index (χ1v) is 10.2. The van der Waals surface area contributed by atoms with Crippen molar-refractivity contribution in [1.82, 2.24) is 19.9 Å². The van der Waals surface area contributed by atoms with Gasteiger partial charge < -0.3 is 8.85 Å². The molecule has 0 radical (unpaired) electrons. The summed E-state index contributed by atoms with van der Waals surface area (Å²) in [5, 5.41) is 1.86. The van der Waals surface area contributed by atoms with Gasteiger partial charge in [-0.15, -0.1) is 0 Å². The first-order valence-electron chi connectivity index (χ1n) is 8.36. The summed E-state index contributed by atoms with van der Waals surface area (Å²) in [6.45, 7) is 0. The van der Waals surface area contributed by atoms with Crippen LogP contribution in [-0.4, -0.2) is 28.5 Å². The molecule has 7 heteroatoms. The molecule has 0 atom stereocenters. The fourth-order valence-electron chi connectivity index (χ4n) is 2.71. The van der Waals surface area contributed by atoms with Crippen molar-refractivity contribution in [2.45, 2.75) is 0 Å². The molecule has 4 heterocycles. The zero-order valence-corrected chi connectivity index (χ0v) is 15.3. The van der Waals surface area contributed by atoms with Crippen LogP contribution in [0.25, 0.3) is 0 Å². The van der Waals surface area contributed by atoms with Crippen LogP contribution in [0, 0.1) is 0 Å². The van der Waals surface area contributed by atoms with Crippen LogP contribution in [0.3, 0.4) is 0 Å². The second kappa shape index (κ2) is 7.75. The lowest BCUT2D eigenvalue weighted by Crippen LogP contribution is -2.68. The van der Waals surface area contributed by atoms with E-state index in [1.54, 1.807) is 49.6 Å². The van der Waals surface area contributed by atoms with Crippen molar-refractivity contribution >= 4 is 18.9 Å². The standard InChI is InChI=1S/C20H16N4O2Si/c1-9-21-10-2-17(1)25-27(19-5-13-23-14-6-19,20-7-15-24-16-8-20)26-18-3-11-22-12-4-18/h1-16H. The third-order valence-electron chi connectivity index (χ3n) is 3.94. The Balaban J connectivity index is 1.90. The summed E-state index contributed by atoms with van der Waals surface area (Å²) in [6.07, 6.45) is 13.7. The number of hydrogen-bond donors (Lipinski definition) is 0. The van der Waals surface area contributed by atoms with Gasteiger partial charge in [0.1, 0.15) is 11.5 Å². The fourth-order valence-corrected chi connectivity index (χ4v) is 5.67. The summed E-state index contributed by atoms with van der Waals surface area (Å²) in [5.41, 5.74) is 0. The van der Waals surface area contributed by atoms with Crippen molar-refractivity contribution in [1.29, 1.82) is 0 Å². The molecule has 0 amide bonds. The van der Waals surface area contributed by atoms with Crippen molar-refractivity contribution in [3.05, 3.63) is 98.1 Å². The van der Waals surface area contributed by atoms with Crippen LogP contribution in [0.2, 0.25) is 0 Å². The van der Waals surface area contributed by atoms with E-state index in [2.05, 4.69) is 19.9 Å². The summed E-state index contributed by atoms with van der Waals surface area (Å²) in [7, 11) is -3.16. The number of aromatic nitrogens is 4. The molecule has 0 aromatic carbocycles. The van der Waals surface area contributed by atoms with Gasteiger partial charge in [-0.2, -0.15) is 0 Å². The molecule has 0 saturated heterocycles. The van der Waals surface area contributed by atoms with Crippen LogP contribution in [0.15, 0.2) is 98.1 Å². The SMILES string of the molecule is c1cc(O[Si](Oc2ccncc2)(c2ccncc2)c2ccncc2)ccn1. The monoisotopic (exact) mass is 372 g/mol. The molecule has 4 aromatic rings. The van der Waals surface area contributed by atoms with Gasteiger partial charge in [0.15, 0.2) is 0 Å². The highest BCUT2D eigenvalue weighted by Crippen LogP contribution is 2.20. The van der Waals surface area contributed by atoms with Gasteiger partial charge in [0.25, 0.3) is 0 Å². The van der Waals surface area contributed by atoms with E-state index in [1.165, 1.54) is 0 Å². The predicted octanol–water partition coefficient (Wildman–Crippen LogP) is 1.98. The third-order valence-corrected chi connectivity index (χ3v) is 7.18. The molecule has 132 valence electrons. The molecule has 4 aromatic heterocycles. The Morgan fingerprint density at radius 3 is 1.07 bits per heavy atom. The summed E-state index contributed by atoms with van der Waals surface area (Å²) in [4.78, 5) is 16.4. The minimum Gasteiger partial charge on any atom is -0.506 e. The van der Waals surface area contributed by atoms with E-state index in [0.29, 0.717) is 11.5 Å². The van der Waals surface area contributed by atoms with Crippen LogP contribution in [0.1, 0.15) is 0 Å². The summed E-state index contributed by atoms with van der Waals surface area (Å²) in [6, 6.07) is 15.0. The zero-order valence-electron chi connectivity index (χ0n) is 14.3. The molecule has 0 spiro atoms. The number of pyridine rings is 4. The Morgan fingerprint density at radius 2 is 0.741 bits per heavy atom. The summed E-state index contributed by atoms with van der Waals surface area (Å²) < 4.78 is 13.2. The van der Waals surface area contributed by atoms with Crippen molar-refractivity contribution in [2.24, 2.45) is 0 Å². The van der Waals surface area contributed by atoms with Crippen molar-refractivity contribution in [3.63, 3.8) is 0 Å². The molecular formula is C20H16N4O2Si. The van der Waals surface area contributed by atoms with E-state index in [0.717, 1.165) is 10.4 Å². The van der Waals surface area contributed by atoms with E-state index in [1.807, 2.05) is 48.5 Å². The van der Waals surface area contributed by atoms with Crippen molar-refractivity contribution in [2.75, 3.05) is 0 Å². The maximum Gasteiger partial charge on any atom is 0.531 e. The maximum absolute atomic E-state index is 6.58. The van der Waals surface area contributed by atoms with Gasteiger partial charge in [-0.25, -0.2) is 0 Å². The van der Waals surface area contributed by atoms with Crippen molar-refractivity contribution < 1.29 is 8.85 Å². The smallest absolute Gasteiger partial charge is 0.506 e. The second-order valence-electron chi connectivity index (χ2n) is 5.66. The molecule has 0 saturated carbocycles. The molecule has 6 nitrogen and oxygen atoms in total. The van der Waals surface area contributed by atoms with Crippen LogP contribution >= 0.6 is 0 Å². The zero-order chi connectivity index (χ0) is 18.4. The lowest BCUT2D eigenvalue weighted by atomic mass is 10.5. The average Bonchev–Trinajstić information content (AvgIpc) is 2.76. The Labute approximate surface area is 157 Å². The third kappa shape index (κ3) is 3.68. The molecule has 4 rings (SSSR count). The molecule has 0 aliphatic carbocycles. The van der Waals surface area contributed by atoms with E-state index in [9.17, 15) is 0 Å². The highest BCUT2D eigenvalue weighted by Gasteiger charge is 2.47. The minimum atomic E-state index is -3.16. The quantitative estimate of drug-likeness (QED) is 0.482. The fraction of sp³-hybridized carbons (Fsp3) is 0. The second-order valence-corrected chi connectivity index (χ2v) is 8.45. The highest BCUT2D eigenvalue weighted by atomic mass is 28.4. The lowest BCUT2D eigenvalue weighted by molar-refractivity contribution is 0.416. The maximum atomic E-state index is 6.58. The Hall–Kier alpha value is -3.58. The van der Waals surface area contributed by atoms with Crippen LogP contribution in [-0.2, 0) is 0 Å². The first-order chi connectivity index (χ1) is 13.4. The van der Waals surface area contributed by atoms with Gasteiger partial charge >= 0.3 is 8.56 Å². The molecular weight excluding hydrogens is 356 g/mol. The molecule has 0 N–H and O–H groups in total. The largest absolute Gasteiger partial charge is 0.531 e. The Kier molecular flexibility index (Phi) is 4.84. The first kappa shape index (κ1) is 16.9. The van der Waals surface area contributed by atoms with Gasteiger partial charge in [-0.1, -0.05) is 0 Å². The van der Waals surface area contributed by atoms with E-state index >= 15 is 0 Å². The van der Waals surface area contributed by atoms with E-state index < -0.39 is 8.56 Å². The molecule has 27 heavy (non-hydrogen) atoms.